The number of carbonyl (C=O) groups is 1. The highest BCUT2D eigenvalue weighted by Crippen LogP contribution is 2.54. The monoisotopic (exact) mass is 574 g/mol. The van der Waals surface area contributed by atoms with E-state index in [1.807, 2.05) is 35.7 Å². The first kappa shape index (κ1) is 26.9. The van der Waals surface area contributed by atoms with Crippen molar-refractivity contribution in [2.45, 2.75) is 5.92 Å². The van der Waals surface area contributed by atoms with Crippen LogP contribution in [0.1, 0.15) is 31.6 Å². The molecule has 1 aliphatic rings. The second kappa shape index (κ2) is 10.3. The van der Waals surface area contributed by atoms with Gasteiger partial charge in [0.2, 0.25) is 10.4 Å². The fraction of sp³-hybridized carbons (Fsp3) is 0.0435. The number of aromatic carboxylic acids is 1. The SMILES string of the molecule is O=C(O)c1cc([N+](=O)[O-])cc2c1-c1ccc([N+](=O)[O-])cc1C2c1sc(-c2ccccc2)c[s+]1.O=S(=O)([O-])O. The molecule has 1 heterocycles. The Bertz CT molecular complexity index is 1690. The molecule has 0 saturated carbocycles. The lowest BCUT2D eigenvalue weighted by Gasteiger charge is -2.07. The number of nitrogens with zero attached hydrogens (tertiary/aromatic N) is 2. The van der Waals surface area contributed by atoms with E-state index in [9.17, 15) is 30.1 Å². The maximum Gasteiger partial charge on any atom is 0.336 e. The third-order valence-electron chi connectivity index (χ3n) is 5.52. The number of non-ortho nitro benzene ring substituents is 2. The highest BCUT2D eigenvalue weighted by molar-refractivity contribution is 7.79. The first-order chi connectivity index (χ1) is 17.8. The molecule has 0 fully saturated rings. The lowest BCUT2D eigenvalue weighted by Crippen LogP contribution is -2.03. The average molecular weight is 575 g/mol. The van der Waals surface area contributed by atoms with Gasteiger partial charge in [-0.25, -0.2) is 13.2 Å². The van der Waals surface area contributed by atoms with Gasteiger partial charge in [0.25, 0.3) is 15.6 Å². The summed E-state index contributed by atoms with van der Waals surface area (Å²) in [5.74, 6) is -1.83. The number of nitro groups is 2. The molecule has 1 atom stereocenters. The molecule has 1 aromatic heterocycles. The minimum Gasteiger partial charge on any atom is -0.726 e. The summed E-state index contributed by atoms with van der Waals surface area (Å²) in [6.07, 6.45) is 0. The Morgan fingerprint density at radius 2 is 1.55 bits per heavy atom. The van der Waals surface area contributed by atoms with E-state index in [0.717, 1.165) is 20.7 Å². The molecule has 1 unspecified atom stereocenters. The van der Waals surface area contributed by atoms with Crippen LogP contribution < -0.4 is 0 Å². The predicted octanol–water partition coefficient (Wildman–Crippen LogP) is 5.44. The van der Waals surface area contributed by atoms with Crippen molar-refractivity contribution in [2.75, 3.05) is 0 Å². The summed E-state index contributed by atoms with van der Waals surface area (Å²) in [5.41, 5.74) is 2.30. The molecule has 0 radical (unpaired) electrons. The Balaban J connectivity index is 0.000000617. The molecule has 38 heavy (non-hydrogen) atoms. The van der Waals surface area contributed by atoms with Crippen LogP contribution >= 0.6 is 22.7 Å². The van der Waals surface area contributed by atoms with Crippen LogP contribution in [0.15, 0.2) is 66.0 Å². The molecule has 12 nitrogen and oxygen atoms in total. The molecule has 2 N–H and O–H groups in total. The standard InChI is InChI=1S/C23H12N2O6S2.H2O4S/c26-22(27)18-10-14(25(30)31)9-17-20(18)15-7-6-13(24(28)29)8-16(15)21(17)23-32-11-19(33-23)12-4-2-1-3-5-12;1-5(2,3)4/h1-11,21H;(H2,1,2,3,4). The first-order valence-electron chi connectivity index (χ1n) is 10.3. The third-order valence-corrected chi connectivity index (χ3v) is 8.04. The van der Waals surface area contributed by atoms with Gasteiger partial charge < -0.3 is 9.66 Å². The largest absolute Gasteiger partial charge is 0.726 e. The number of carboxylic acid groups (broad SMARTS) is 1. The molecule has 5 rings (SSSR count). The Kier molecular flexibility index (Phi) is 7.30. The maximum atomic E-state index is 12.0. The van der Waals surface area contributed by atoms with Gasteiger partial charge in [-0.15, -0.1) is 0 Å². The second-order valence-corrected chi connectivity index (χ2v) is 10.9. The van der Waals surface area contributed by atoms with Crippen LogP contribution in [0, 0.1) is 20.2 Å². The molecular weight excluding hydrogens is 560 g/mol. The average Bonchev–Trinajstić information content (AvgIpc) is 3.45. The van der Waals surface area contributed by atoms with Crippen LogP contribution in [-0.2, 0) is 10.4 Å². The lowest BCUT2D eigenvalue weighted by atomic mass is 9.96. The van der Waals surface area contributed by atoms with Gasteiger partial charge in [-0.1, -0.05) is 30.3 Å². The van der Waals surface area contributed by atoms with Crippen molar-refractivity contribution in [3.05, 3.63) is 107 Å². The van der Waals surface area contributed by atoms with E-state index in [0.29, 0.717) is 22.3 Å². The Labute approximate surface area is 222 Å². The quantitative estimate of drug-likeness (QED) is 0.0895. The van der Waals surface area contributed by atoms with Crippen LogP contribution in [0.2, 0.25) is 0 Å². The van der Waals surface area contributed by atoms with Gasteiger partial charge in [-0.3, -0.25) is 24.8 Å². The first-order valence-corrected chi connectivity index (χ1v) is 13.4. The summed E-state index contributed by atoms with van der Waals surface area (Å²) in [5, 5.41) is 34.8. The molecule has 4 aromatic rings. The highest BCUT2D eigenvalue weighted by atomic mass is 32.3. The number of hydrogen-bond acceptors (Lipinski definition) is 9. The van der Waals surface area contributed by atoms with E-state index in [1.165, 1.54) is 46.9 Å². The fourth-order valence-electron chi connectivity index (χ4n) is 4.13. The summed E-state index contributed by atoms with van der Waals surface area (Å²) < 4.78 is 33.7. The molecule has 1 aliphatic carbocycles. The van der Waals surface area contributed by atoms with Gasteiger partial charge in [-0.2, -0.15) is 0 Å². The Hall–Kier alpha value is -4.15. The fourth-order valence-corrected chi connectivity index (χ4v) is 6.66. The molecule has 0 spiro atoms. The van der Waals surface area contributed by atoms with Gasteiger partial charge in [0.1, 0.15) is 5.38 Å². The van der Waals surface area contributed by atoms with Crippen molar-refractivity contribution in [1.82, 2.24) is 0 Å². The van der Waals surface area contributed by atoms with E-state index < -0.39 is 32.1 Å². The van der Waals surface area contributed by atoms with Crippen molar-refractivity contribution in [3.63, 3.8) is 0 Å². The maximum absolute atomic E-state index is 12.0. The van der Waals surface area contributed by atoms with Crippen LogP contribution in [0.5, 0.6) is 0 Å². The zero-order valence-electron chi connectivity index (χ0n) is 18.7. The van der Waals surface area contributed by atoms with Gasteiger partial charge in [0.15, 0.2) is 4.88 Å². The van der Waals surface area contributed by atoms with Gasteiger partial charge >= 0.3 is 5.97 Å². The minimum atomic E-state index is -4.92. The van der Waals surface area contributed by atoms with Crippen LogP contribution in [0.4, 0.5) is 11.4 Å². The van der Waals surface area contributed by atoms with Crippen LogP contribution in [0.3, 0.4) is 0 Å². The molecule has 0 aliphatic heterocycles. The molecule has 0 bridgehead atoms. The Morgan fingerprint density at radius 1 is 0.947 bits per heavy atom. The van der Waals surface area contributed by atoms with Crippen molar-refractivity contribution in [1.29, 1.82) is 0 Å². The number of rotatable bonds is 5. The number of hydrogen-bond donors (Lipinski definition) is 2. The number of nitro benzene ring substituents is 2. The topological polar surface area (TPSA) is 201 Å². The van der Waals surface area contributed by atoms with Gasteiger partial charge in [0.05, 0.1) is 44.0 Å². The molecule has 194 valence electrons. The van der Waals surface area contributed by atoms with Crippen LogP contribution in [-0.4, -0.2) is 38.4 Å². The highest BCUT2D eigenvalue weighted by Gasteiger charge is 2.41. The summed E-state index contributed by atoms with van der Waals surface area (Å²) in [4.78, 5) is 34.9. The number of carboxylic acids is 1. The third kappa shape index (κ3) is 5.56. The Morgan fingerprint density at radius 3 is 2.13 bits per heavy atom. The van der Waals surface area contributed by atoms with Crippen molar-refractivity contribution in [3.8, 4) is 21.6 Å². The van der Waals surface area contributed by atoms with E-state index in [4.69, 9.17) is 17.5 Å². The van der Waals surface area contributed by atoms with E-state index in [1.54, 1.807) is 0 Å². The smallest absolute Gasteiger partial charge is 0.336 e. The summed E-state index contributed by atoms with van der Waals surface area (Å²) in [6, 6.07) is 16.4. The zero-order valence-corrected chi connectivity index (χ0v) is 21.2. The second-order valence-electron chi connectivity index (χ2n) is 7.80. The minimum absolute atomic E-state index is 0.122. The number of benzene rings is 3. The molecule has 15 heteroatoms. The van der Waals surface area contributed by atoms with E-state index >= 15 is 0 Å². The molecule has 0 amide bonds. The van der Waals surface area contributed by atoms with Crippen molar-refractivity contribution < 1.29 is 37.3 Å². The van der Waals surface area contributed by atoms with Crippen molar-refractivity contribution >= 4 is 50.4 Å². The predicted molar refractivity (Wildman–Crippen MR) is 137 cm³/mol. The van der Waals surface area contributed by atoms with Crippen LogP contribution in [0.25, 0.3) is 21.6 Å². The van der Waals surface area contributed by atoms with Crippen molar-refractivity contribution in [2.24, 2.45) is 0 Å². The molecule has 0 saturated heterocycles. The summed E-state index contributed by atoms with van der Waals surface area (Å²) in [6.45, 7) is 0. The number of fused-ring (bicyclic) bond motifs is 3. The normalized spacial score (nSPS) is 13.6. The van der Waals surface area contributed by atoms with Gasteiger partial charge in [0, 0.05) is 35.4 Å². The summed E-state index contributed by atoms with van der Waals surface area (Å²) in [7, 11) is -4.92. The van der Waals surface area contributed by atoms with Gasteiger partial charge in [-0.05, 0) is 22.8 Å². The molecule has 3 aromatic carbocycles. The van der Waals surface area contributed by atoms with E-state index in [2.05, 4.69) is 0 Å². The lowest BCUT2D eigenvalue weighted by molar-refractivity contribution is -0.385. The zero-order chi connectivity index (χ0) is 27.8. The summed E-state index contributed by atoms with van der Waals surface area (Å²) >= 11 is 2.93. The molecular formula is C23H14N2O10S3. The van der Waals surface area contributed by atoms with E-state index in [-0.39, 0.29) is 16.9 Å².